The van der Waals surface area contributed by atoms with Gasteiger partial charge in [0.2, 0.25) is 0 Å². The van der Waals surface area contributed by atoms with Crippen molar-refractivity contribution in [2.45, 2.75) is 82.8 Å². The normalized spacial score (nSPS) is 40.1. The quantitative estimate of drug-likeness (QED) is 0.425. The molecule has 8 nitrogen and oxygen atoms in total. The Morgan fingerprint density at radius 3 is 2.67 bits per heavy atom. The summed E-state index contributed by atoms with van der Waals surface area (Å²) in [7, 11) is 0. The zero-order chi connectivity index (χ0) is 27.3. The van der Waals surface area contributed by atoms with Crippen LogP contribution in [-0.4, -0.2) is 67.3 Å². The molecule has 1 N–H and O–H groups in total. The number of morpholine rings is 1. The van der Waals surface area contributed by atoms with Gasteiger partial charge < -0.3 is 23.7 Å². The predicted molar refractivity (Wildman–Crippen MR) is 144 cm³/mol. The van der Waals surface area contributed by atoms with Crippen LogP contribution < -0.4 is 5.63 Å². The minimum atomic E-state index is -0.733. The van der Waals surface area contributed by atoms with E-state index < -0.39 is 11.8 Å². The SMILES string of the molecule is C[C@]12CC[C@H](OC(=O)OCCN3CCOCC3)C=C1CC[C@@H]1[C@@H]2CC[C@]2(C)[C@@H](c3ccc(=O)oc3)CC[C@]12O. The van der Waals surface area contributed by atoms with Crippen LogP contribution in [0.4, 0.5) is 4.79 Å². The van der Waals surface area contributed by atoms with Crippen molar-refractivity contribution in [3.8, 4) is 0 Å². The van der Waals surface area contributed by atoms with Crippen LogP contribution in [0.3, 0.4) is 0 Å². The molecule has 5 aliphatic rings. The van der Waals surface area contributed by atoms with Crippen molar-refractivity contribution in [3.63, 3.8) is 0 Å². The lowest BCUT2D eigenvalue weighted by atomic mass is 9.45. The Labute approximate surface area is 230 Å². The molecule has 0 amide bonds. The Morgan fingerprint density at radius 2 is 1.90 bits per heavy atom. The molecule has 214 valence electrons. The molecular weight excluding hydrogens is 498 g/mol. The van der Waals surface area contributed by atoms with Crippen molar-refractivity contribution in [1.29, 1.82) is 0 Å². The second-order valence-electron chi connectivity index (χ2n) is 13.0. The van der Waals surface area contributed by atoms with Gasteiger partial charge in [-0.1, -0.05) is 19.4 Å². The molecule has 4 fully saturated rings. The van der Waals surface area contributed by atoms with E-state index in [0.29, 0.717) is 19.1 Å². The highest BCUT2D eigenvalue weighted by Crippen LogP contribution is 2.70. The van der Waals surface area contributed by atoms with Crippen LogP contribution >= 0.6 is 0 Å². The zero-order valence-corrected chi connectivity index (χ0v) is 23.4. The minimum absolute atomic E-state index is 0.0116. The highest BCUT2D eigenvalue weighted by atomic mass is 16.7. The lowest BCUT2D eigenvalue weighted by Crippen LogP contribution is -2.60. The fraction of sp³-hybridized carbons (Fsp3) is 0.742. The van der Waals surface area contributed by atoms with Gasteiger partial charge in [0.25, 0.3) is 0 Å². The molecule has 6 rings (SSSR count). The molecule has 8 heteroatoms. The second-order valence-corrected chi connectivity index (χ2v) is 13.0. The van der Waals surface area contributed by atoms with E-state index >= 15 is 0 Å². The molecular formula is C31H43NO7. The average molecular weight is 542 g/mol. The van der Waals surface area contributed by atoms with Crippen LogP contribution in [0.15, 0.2) is 39.3 Å². The third-order valence-corrected chi connectivity index (χ3v) is 11.4. The molecule has 1 aromatic rings. The molecule has 1 aromatic heterocycles. The van der Waals surface area contributed by atoms with E-state index in [1.165, 1.54) is 11.6 Å². The van der Waals surface area contributed by atoms with Crippen LogP contribution in [0.1, 0.15) is 76.7 Å². The van der Waals surface area contributed by atoms with Crippen molar-refractivity contribution >= 4 is 6.16 Å². The number of hydrogen-bond acceptors (Lipinski definition) is 8. The standard InChI is InChI=1S/C31H43NO7/c1-29-10-7-23(39-28(34)37-18-15-32-13-16-36-17-14-32)19-22(29)4-5-26-25(29)8-11-30(2)24(9-12-31(26,30)35)21-3-6-27(33)38-20-21/h3,6,19-20,23-26,35H,4-5,7-18H2,1-2H3/t23-,24+,25-,26+,29-,30+,31-/m0/s1. The van der Waals surface area contributed by atoms with Crippen LogP contribution in [0.5, 0.6) is 0 Å². The molecule has 7 atom stereocenters. The summed E-state index contributed by atoms with van der Waals surface area (Å²) in [6.45, 7) is 8.85. The highest BCUT2D eigenvalue weighted by Gasteiger charge is 2.66. The number of fused-ring (bicyclic) bond motifs is 5. The molecule has 0 unspecified atom stereocenters. The number of nitrogens with zero attached hydrogens (tertiary/aromatic N) is 1. The van der Waals surface area contributed by atoms with Crippen molar-refractivity contribution in [2.75, 3.05) is 39.5 Å². The fourth-order valence-electron chi connectivity index (χ4n) is 9.10. The predicted octanol–water partition coefficient (Wildman–Crippen LogP) is 4.66. The van der Waals surface area contributed by atoms with E-state index in [1.807, 2.05) is 6.07 Å². The summed E-state index contributed by atoms with van der Waals surface area (Å²) in [6.07, 6.45) is 10.3. The molecule has 1 saturated heterocycles. The molecule has 39 heavy (non-hydrogen) atoms. The smallest absolute Gasteiger partial charge is 0.433 e. The number of ether oxygens (including phenoxy) is 3. The van der Waals surface area contributed by atoms with E-state index in [-0.39, 0.29) is 34.4 Å². The summed E-state index contributed by atoms with van der Waals surface area (Å²) in [4.78, 5) is 26.2. The van der Waals surface area contributed by atoms with Gasteiger partial charge in [0.15, 0.2) is 0 Å². The van der Waals surface area contributed by atoms with Gasteiger partial charge in [-0.25, -0.2) is 9.59 Å². The average Bonchev–Trinajstić information content (AvgIpc) is 3.21. The number of carbonyl (C=O) groups is 1. The molecule has 0 bridgehead atoms. The van der Waals surface area contributed by atoms with Gasteiger partial charge >= 0.3 is 11.8 Å². The van der Waals surface area contributed by atoms with E-state index in [1.54, 1.807) is 6.26 Å². The van der Waals surface area contributed by atoms with Crippen LogP contribution in [0, 0.1) is 22.7 Å². The van der Waals surface area contributed by atoms with Gasteiger partial charge in [0.1, 0.15) is 12.7 Å². The molecule has 2 heterocycles. The number of allylic oxidation sites excluding steroid dienone is 1. The first-order chi connectivity index (χ1) is 18.7. The Bertz CT molecular complexity index is 1140. The van der Waals surface area contributed by atoms with Gasteiger partial charge in [0.05, 0.1) is 25.1 Å². The maximum absolute atomic E-state index is 12.4. The molecule has 3 saturated carbocycles. The topological polar surface area (TPSA) is 98.4 Å². The number of rotatable bonds is 5. The van der Waals surface area contributed by atoms with E-state index in [4.69, 9.17) is 18.6 Å². The second kappa shape index (κ2) is 10.3. The largest absolute Gasteiger partial charge is 0.508 e. The fourth-order valence-corrected chi connectivity index (χ4v) is 9.10. The van der Waals surface area contributed by atoms with Gasteiger partial charge in [-0.2, -0.15) is 0 Å². The van der Waals surface area contributed by atoms with Crippen molar-refractivity contribution < 1.29 is 28.5 Å². The highest BCUT2D eigenvalue weighted by molar-refractivity contribution is 5.60. The molecule has 0 spiro atoms. The summed E-state index contributed by atoms with van der Waals surface area (Å²) < 4.78 is 21.7. The third-order valence-electron chi connectivity index (χ3n) is 11.4. The first-order valence-electron chi connectivity index (χ1n) is 14.9. The van der Waals surface area contributed by atoms with Crippen LogP contribution in [-0.2, 0) is 14.2 Å². The Hall–Kier alpha value is -2.16. The summed E-state index contributed by atoms with van der Waals surface area (Å²) in [5.74, 6) is 0.835. The minimum Gasteiger partial charge on any atom is -0.433 e. The first-order valence-corrected chi connectivity index (χ1v) is 14.9. The van der Waals surface area contributed by atoms with Gasteiger partial charge in [-0.3, -0.25) is 4.90 Å². The maximum Gasteiger partial charge on any atom is 0.508 e. The maximum atomic E-state index is 12.4. The number of aliphatic hydroxyl groups is 1. The number of hydrogen-bond donors (Lipinski definition) is 1. The molecule has 1 aliphatic heterocycles. The zero-order valence-electron chi connectivity index (χ0n) is 23.4. The van der Waals surface area contributed by atoms with Crippen LogP contribution in [0.2, 0.25) is 0 Å². The lowest BCUT2D eigenvalue weighted by molar-refractivity contribution is -0.178. The van der Waals surface area contributed by atoms with Crippen molar-refractivity contribution in [1.82, 2.24) is 4.90 Å². The van der Waals surface area contributed by atoms with Gasteiger partial charge in [-0.05, 0) is 92.2 Å². The van der Waals surface area contributed by atoms with E-state index in [9.17, 15) is 14.7 Å². The first kappa shape index (κ1) is 27.0. The van der Waals surface area contributed by atoms with Gasteiger partial charge in [0, 0.05) is 31.1 Å². The van der Waals surface area contributed by atoms with E-state index in [2.05, 4.69) is 24.8 Å². The van der Waals surface area contributed by atoms with Crippen LogP contribution in [0.25, 0.3) is 0 Å². The Kier molecular flexibility index (Phi) is 7.17. The summed E-state index contributed by atoms with van der Waals surface area (Å²) >= 11 is 0. The Morgan fingerprint density at radius 1 is 1.08 bits per heavy atom. The summed E-state index contributed by atoms with van der Waals surface area (Å²) in [5.41, 5.74) is 1.12. The molecule has 0 aromatic carbocycles. The van der Waals surface area contributed by atoms with Crippen molar-refractivity contribution in [3.05, 3.63) is 46.0 Å². The van der Waals surface area contributed by atoms with E-state index in [0.717, 1.165) is 83.2 Å². The third kappa shape index (κ3) is 4.66. The summed E-state index contributed by atoms with van der Waals surface area (Å²) in [5, 5.41) is 12.4. The monoisotopic (exact) mass is 541 g/mol. The van der Waals surface area contributed by atoms with Gasteiger partial charge in [-0.15, -0.1) is 0 Å². The number of carbonyl (C=O) groups excluding carboxylic acids is 1. The van der Waals surface area contributed by atoms with Crippen molar-refractivity contribution in [2.24, 2.45) is 22.7 Å². The molecule has 0 radical (unpaired) electrons. The molecule has 4 aliphatic carbocycles. The Balaban J connectivity index is 1.11. The lowest BCUT2D eigenvalue weighted by Gasteiger charge is -2.61. The summed E-state index contributed by atoms with van der Waals surface area (Å²) in [6, 6.07) is 3.39.